The van der Waals surface area contributed by atoms with Gasteiger partial charge in [-0.1, -0.05) is 87.9 Å². The van der Waals surface area contributed by atoms with Crippen LogP contribution in [0.2, 0.25) is 0 Å². The zero-order valence-corrected chi connectivity index (χ0v) is 21.5. The third-order valence-corrected chi connectivity index (χ3v) is 5.63. The second-order valence-corrected chi connectivity index (χ2v) is 8.85. The van der Waals surface area contributed by atoms with E-state index in [1.807, 2.05) is 30.3 Å². The van der Waals surface area contributed by atoms with Crippen molar-refractivity contribution in [2.45, 2.75) is 110 Å². The maximum absolute atomic E-state index is 11.8. The van der Waals surface area contributed by atoms with Gasteiger partial charge in [-0.25, -0.2) is 0 Å². The largest absolute Gasteiger partial charge is 0.463 e. The van der Waals surface area contributed by atoms with Crippen molar-refractivity contribution in [2.75, 3.05) is 13.2 Å². The van der Waals surface area contributed by atoms with Gasteiger partial charge in [0.15, 0.2) is 0 Å². The molecule has 0 radical (unpaired) electrons. The van der Waals surface area contributed by atoms with E-state index in [2.05, 4.69) is 19.1 Å². The Morgan fingerprint density at radius 2 is 1.62 bits per heavy atom. The monoisotopic (exact) mass is 474 g/mol. The van der Waals surface area contributed by atoms with Gasteiger partial charge in [-0.2, -0.15) is 0 Å². The number of hydrogen-bond donors (Lipinski definition) is 0. The molecule has 0 fully saturated rings. The molecule has 5 nitrogen and oxygen atoms in total. The van der Waals surface area contributed by atoms with Gasteiger partial charge in [-0.3, -0.25) is 9.59 Å². The van der Waals surface area contributed by atoms with Gasteiger partial charge in [0.05, 0.1) is 13.2 Å². The van der Waals surface area contributed by atoms with Crippen molar-refractivity contribution in [1.82, 2.24) is 0 Å². The molecule has 0 amide bonds. The van der Waals surface area contributed by atoms with Crippen LogP contribution in [-0.4, -0.2) is 31.3 Å². The smallest absolute Gasteiger partial charge is 0.305 e. The first kappa shape index (κ1) is 29.9. The fraction of sp³-hybridized carbons (Fsp3) is 0.655. The number of unbranched alkanes of at least 4 members (excludes halogenated alkanes) is 8. The topological polar surface area (TPSA) is 61.8 Å². The molecule has 1 atom stereocenters. The molecule has 0 spiro atoms. The summed E-state index contributed by atoms with van der Waals surface area (Å²) < 4.78 is 16.2. The lowest BCUT2D eigenvalue weighted by atomic mass is 10.1. The molecule has 34 heavy (non-hydrogen) atoms. The van der Waals surface area contributed by atoms with Gasteiger partial charge >= 0.3 is 11.9 Å². The molecule has 0 bridgehead atoms. The summed E-state index contributed by atoms with van der Waals surface area (Å²) in [6.07, 6.45) is 17.8. The van der Waals surface area contributed by atoms with Crippen LogP contribution in [0.3, 0.4) is 0 Å². The minimum absolute atomic E-state index is 0.0146. The molecule has 0 aromatic heterocycles. The lowest BCUT2D eigenvalue weighted by molar-refractivity contribution is -0.147. The Hall–Kier alpha value is -2.14. The number of rotatable bonds is 21. The van der Waals surface area contributed by atoms with Crippen LogP contribution in [0.4, 0.5) is 0 Å². The Bertz CT molecular complexity index is 656. The highest BCUT2D eigenvalue weighted by molar-refractivity contribution is 5.69. The van der Waals surface area contributed by atoms with Crippen molar-refractivity contribution in [3.05, 3.63) is 48.0 Å². The van der Waals surface area contributed by atoms with Gasteiger partial charge in [0.1, 0.15) is 12.7 Å². The molecule has 1 aromatic carbocycles. The zero-order valence-electron chi connectivity index (χ0n) is 21.5. The standard InChI is InChI=1S/C29H46O5/c1-3-4-5-15-20-28(34-26(2)30)21-16-10-8-6-7-9-11-17-22-29(31)33-24-23-32-25-27-18-13-12-14-19-27/h10,12-14,16,18-19,28H,3-9,11,15,17,20-25H2,1-2H3/b16-10-. The summed E-state index contributed by atoms with van der Waals surface area (Å²) in [5.41, 5.74) is 1.12. The van der Waals surface area contributed by atoms with E-state index in [-0.39, 0.29) is 18.0 Å². The SMILES string of the molecule is CCCCCCC(C/C=C\CCCCCCCC(=O)OCCOCc1ccccc1)OC(C)=O. The predicted octanol–water partition coefficient (Wildman–Crippen LogP) is 7.33. The summed E-state index contributed by atoms with van der Waals surface area (Å²) in [7, 11) is 0. The summed E-state index contributed by atoms with van der Waals surface area (Å²) in [5, 5.41) is 0. The lowest BCUT2D eigenvalue weighted by Gasteiger charge is -2.15. The van der Waals surface area contributed by atoms with Crippen molar-refractivity contribution in [3.8, 4) is 0 Å². The van der Waals surface area contributed by atoms with Crippen LogP contribution < -0.4 is 0 Å². The lowest BCUT2D eigenvalue weighted by Crippen LogP contribution is -2.15. The van der Waals surface area contributed by atoms with E-state index in [0.29, 0.717) is 26.2 Å². The van der Waals surface area contributed by atoms with E-state index in [9.17, 15) is 9.59 Å². The first-order valence-corrected chi connectivity index (χ1v) is 13.2. The van der Waals surface area contributed by atoms with Crippen LogP contribution >= 0.6 is 0 Å². The van der Waals surface area contributed by atoms with Crippen molar-refractivity contribution in [1.29, 1.82) is 0 Å². The maximum atomic E-state index is 11.8. The maximum Gasteiger partial charge on any atom is 0.305 e. The van der Waals surface area contributed by atoms with Gasteiger partial charge < -0.3 is 14.2 Å². The molecule has 0 aliphatic rings. The predicted molar refractivity (Wildman–Crippen MR) is 137 cm³/mol. The van der Waals surface area contributed by atoms with E-state index in [1.165, 1.54) is 26.2 Å². The molecule has 192 valence electrons. The number of hydrogen-bond acceptors (Lipinski definition) is 5. The molecule has 5 heteroatoms. The third kappa shape index (κ3) is 18.3. The summed E-state index contributed by atoms with van der Waals surface area (Å²) in [5.74, 6) is -0.322. The molecule has 0 heterocycles. The highest BCUT2D eigenvalue weighted by Gasteiger charge is 2.09. The fourth-order valence-electron chi connectivity index (χ4n) is 3.74. The zero-order chi connectivity index (χ0) is 24.7. The molecule has 1 unspecified atom stereocenters. The van der Waals surface area contributed by atoms with E-state index in [0.717, 1.165) is 63.4 Å². The summed E-state index contributed by atoms with van der Waals surface area (Å²) in [4.78, 5) is 23.1. The molecule has 0 saturated carbocycles. The number of allylic oxidation sites excluding steroid dienone is 1. The van der Waals surface area contributed by atoms with Gasteiger partial charge in [-0.15, -0.1) is 0 Å². The highest BCUT2D eigenvalue weighted by Crippen LogP contribution is 2.13. The Labute approximate surface area is 207 Å². The van der Waals surface area contributed by atoms with Gasteiger partial charge in [-0.05, 0) is 37.7 Å². The highest BCUT2D eigenvalue weighted by atomic mass is 16.6. The minimum atomic E-state index is -0.186. The molecule has 1 aromatic rings. The summed E-state index contributed by atoms with van der Waals surface area (Å²) >= 11 is 0. The van der Waals surface area contributed by atoms with Crippen LogP contribution in [0, 0.1) is 0 Å². The molecule has 0 N–H and O–H groups in total. The normalized spacial score (nSPS) is 12.1. The van der Waals surface area contributed by atoms with E-state index in [4.69, 9.17) is 14.2 Å². The average molecular weight is 475 g/mol. The van der Waals surface area contributed by atoms with Crippen molar-refractivity contribution in [2.24, 2.45) is 0 Å². The number of benzene rings is 1. The summed E-state index contributed by atoms with van der Waals surface area (Å²) in [6.45, 7) is 4.97. The molecule has 0 saturated heterocycles. The molecular formula is C29H46O5. The molecule has 0 aliphatic carbocycles. The molecular weight excluding hydrogens is 428 g/mol. The van der Waals surface area contributed by atoms with Crippen molar-refractivity contribution >= 4 is 11.9 Å². The number of carbonyl (C=O) groups is 2. The fourth-order valence-corrected chi connectivity index (χ4v) is 3.74. The molecule has 0 aliphatic heterocycles. The van der Waals surface area contributed by atoms with Gasteiger partial charge in [0.2, 0.25) is 0 Å². The first-order valence-electron chi connectivity index (χ1n) is 13.2. The van der Waals surface area contributed by atoms with Crippen molar-refractivity contribution in [3.63, 3.8) is 0 Å². The number of carbonyl (C=O) groups excluding carboxylic acids is 2. The Kier molecular flexibility index (Phi) is 18.8. The number of ether oxygens (including phenoxy) is 3. The van der Waals surface area contributed by atoms with E-state index in [1.54, 1.807) is 0 Å². The Balaban J connectivity index is 1.94. The van der Waals surface area contributed by atoms with Gasteiger partial charge in [0, 0.05) is 19.8 Å². The second-order valence-electron chi connectivity index (χ2n) is 8.85. The second kappa shape index (κ2) is 21.4. The van der Waals surface area contributed by atoms with Crippen molar-refractivity contribution < 1.29 is 23.8 Å². The van der Waals surface area contributed by atoms with Crippen LogP contribution in [0.25, 0.3) is 0 Å². The van der Waals surface area contributed by atoms with Crippen LogP contribution in [0.15, 0.2) is 42.5 Å². The molecule has 1 rings (SSSR count). The summed E-state index contributed by atoms with van der Waals surface area (Å²) in [6, 6.07) is 9.97. The average Bonchev–Trinajstić information content (AvgIpc) is 2.83. The van der Waals surface area contributed by atoms with Crippen LogP contribution in [0.1, 0.15) is 103 Å². The minimum Gasteiger partial charge on any atom is -0.463 e. The Morgan fingerprint density at radius 3 is 2.38 bits per heavy atom. The van der Waals surface area contributed by atoms with E-state index >= 15 is 0 Å². The van der Waals surface area contributed by atoms with E-state index < -0.39 is 0 Å². The quantitative estimate of drug-likeness (QED) is 0.106. The van der Waals surface area contributed by atoms with Gasteiger partial charge in [0.25, 0.3) is 0 Å². The van der Waals surface area contributed by atoms with Crippen LogP contribution in [0.5, 0.6) is 0 Å². The first-order chi connectivity index (χ1) is 16.6. The number of esters is 2. The third-order valence-electron chi connectivity index (χ3n) is 5.63. The Morgan fingerprint density at radius 1 is 0.882 bits per heavy atom. The van der Waals surface area contributed by atoms with Crippen LogP contribution in [-0.2, 0) is 30.4 Å².